The summed E-state index contributed by atoms with van der Waals surface area (Å²) in [5, 5.41) is 11.2. The number of para-hydroxylation sites is 1. The van der Waals surface area contributed by atoms with Gasteiger partial charge in [0.2, 0.25) is 0 Å². The Morgan fingerprint density at radius 3 is 2.78 bits per heavy atom. The lowest BCUT2D eigenvalue weighted by Crippen LogP contribution is -2.19. The molecule has 0 aliphatic heterocycles. The second-order valence-corrected chi connectivity index (χ2v) is 5.48. The third kappa shape index (κ3) is 3.75. The molecule has 0 unspecified atom stereocenters. The first-order chi connectivity index (χ1) is 10.9. The summed E-state index contributed by atoms with van der Waals surface area (Å²) in [5.74, 6) is -0.437. The minimum absolute atomic E-state index is 0.0267. The van der Waals surface area contributed by atoms with Crippen LogP contribution < -0.4 is 5.69 Å². The molecule has 0 saturated heterocycles. The highest BCUT2D eigenvalue weighted by Crippen LogP contribution is 2.29. The number of rotatable bonds is 5. The predicted molar refractivity (Wildman–Crippen MR) is 83.6 cm³/mol. The van der Waals surface area contributed by atoms with Gasteiger partial charge in [0.25, 0.3) is 5.69 Å². The zero-order chi connectivity index (χ0) is 17.0. The number of nitro groups is 1. The number of carbonyl (C=O) groups is 1. The molecule has 0 bridgehead atoms. The minimum Gasteiger partial charge on any atom is -0.465 e. The molecule has 1 N–H and O–H groups in total. The SMILES string of the molecule is COC(=O)c1c(SCc2ccccc2[N+](=O)[O-])nc(=O)[nH]c1C. The first-order valence-electron chi connectivity index (χ1n) is 6.48. The molecule has 0 saturated carbocycles. The summed E-state index contributed by atoms with van der Waals surface area (Å²) in [7, 11) is 1.23. The Morgan fingerprint density at radius 2 is 2.13 bits per heavy atom. The summed E-state index contributed by atoms with van der Waals surface area (Å²) >= 11 is 1.07. The highest BCUT2D eigenvalue weighted by molar-refractivity contribution is 7.98. The number of benzene rings is 1. The van der Waals surface area contributed by atoms with Gasteiger partial charge in [-0.25, -0.2) is 9.59 Å². The van der Waals surface area contributed by atoms with Gasteiger partial charge >= 0.3 is 11.7 Å². The maximum Gasteiger partial charge on any atom is 0.346 e. The Labute approximate surface area is 135 Å². The Morgan fingerprint density at radius 1 is 1.43 bits per heavy atom. The van der Waals surface area contributed by atoms with Gasteiger partial charge in [-0.15, -0.1) is 11.8 Å². The van der Waals surface area contributed by atoms with Crippen LogP contribution in [0.2, 0.25) is 0 Å². The molecule has 9 heteroatoms. The summed E-state index contributed by atoms with van der Waals surface area (Å²) in [6.07, 6.45) is 0. The van der Waals surface area contributed by atoms with Crippen LogP contribution in [-0.4, -0.2) is 28.0 Å². The van der Waals surface area contributed by atoms with Gasteiger partial charge in [-0.3, -0.25) is 10.1 Å². The molecule has 1 aromatic carbocycles. The lowest BCUT2D eigenvalue weighted by atomic mass is 10.2. The van der Waals surface area contributed by atoms with E-state index in [1.165, 1.54) is 13.2 Å². The van der Waals surface area contributed by atoms with E-state index < -0.39 is 16.6 Å². The number of esters is 1. The molecule has 2 rings (SSSR count). The molecule has 0 aliphatic carbocycles. The van der Waals surface area contributed by atoms with Crippen LogP contribution in [0.3, 0.4) is 0 Å². The van der Waals surface area contributed by atoms with Crippen LogP contribution in [0, 0.1) is 17.0 Å². The normalized spacial score (nSPS) is 10.3. The van der Waals surface area contributed by atoms with Crippen molar-refractivity contribution in [2.24, 2.45) is 0 Å². The van der Waals surface area contributed by atoms with Gasteiger partial charge in [0.1, 0.15) is 10.6 Å². The van der Waals surface area contributed by atoms with Crippen molar-refractivity contribution < 1.29 is 14.5 Å². The minimum atomic E-state index is -0.628. The van der Waals surface area contributed by atoms with E-state index in [1.54, 1.807) is 25.1 Å². The molecule has 0 amide bonds. The number of aromatic nitrogens is 2. The van der Waals surface area contributed by atoms with Crippen LogP contribution in [0.4, 0.5) is 5.69 Å². The lowest BCUT2D eigenvalue weighted by molar-refractivity contribution is -0.385. The van der Waals surface area contributed by atoms with E-state index in [9.17, 15) is 19.7 Å². The monoisotopic (exact) mass is 335 g/mol. The molecule has 1 aromatic heterocycles. The van der Waals surface area contributed by atoms with Gasteiger partial charge < -0.3 is 9.72 Å². The number of nitrogens with one attached hydrogen (secondary N) is 1. The molecular weight excluding hydrogens is 322 g/mol. The number of hydrogen-bond acceptors (Lipinski definition) is 7. The van der Waals surface area contributed by atoms with Crippen molar-refractivity contribution in [1.82, 2.24) is 9.97 Å². The molecule has 0 fully saturated rings. The van der Waals surface area contributed by atoms with E-state index in [0.717, 1.165) is 11.8 Å². The van der Waals surface area contributed by atoms with Crippen LogP contribution >= 0.6 is 11.8 Å². The van der Waals surface area contributed by atoms with E-state index in [4.69, 9.17) is 0 Å². The van der Waals surface area contributed by atoms with E-state index in [1.807, 2.05) is 0 Å². The van der Waals surface area contributed by atoms with Crippen LogP contribution in [0.25, 0.3) is 0 Å². The smallest absolute Gasteiger partial charge is 0.346 e. The van der Waals surface area contributed by atoms with Crippen molar-refractivity contribution in [2.45, 2.75) is 17.7 Å². The number of thioether (sulfide) groups is 1. The number of H-pyrrole nitrogens is 1. The first kappa shape index (κ1) is 16.7. The molecule has 1 heterocycles. The number of hydrogen-bond donors (Lipinski definition) is 1. The number of aromatic amines is 1. The van der Waals surface area contributed by atoms with E-state index in [2.05, 4.69) is 14.7 Å². The van der Waals surface area contributed by atoms with Crippen molar-refractivity contribution in [3.8, 4) is 0 Å². The van der Waals surface area contributed by atoms with Crippen molar-refractivity contribution in [2.75, 3.05) is 7.11 Å². The number of carbonyl (C=O) groups excluding carboxylic acids is 1. The van der Waals surface area contributed by atoms with Crippen LogP contribution in [0.1, 0.15) is 21.6 Å². The summed E-state index contributed by atoms with van der Waals surface area (Å²) in [6.45, 7) is 1.56. The predicted octanol–water partition coefficient (Wildman–Crippen LogP) is 2.07. The molecule has 8 nitrogen and oxygen atoms in total. The third-order valence-corrected chi connectivity index (χ3v) is 4.05. The second kappa shape index (κ2) is 7.05. The van der Waals surface area contributed by atoms with Gasteiger partial charge in [-0.2, -0.15) is 4.98 Å². The Balaban J connectivity index is 2.36. The quantitative estimate of drug-likeness (QED) is 0.292. The van der Waals surface area contributed by atoms with E-state index in [-0.39, 0.29) is 22.0 Å². The summed E-state index contributed by atoms with van der Waals surface area (Å²) in [4.78, 5) is 40.1. The van der Waals surface area contributed by atoms with Crippen LogP contribution in [-0.2, 0) is 10.5 Å². The maximum absolute atomic E-state index is 11.8. The van der Waals surface area contributed by atoms with Crippen LogP contribution in [0.5, 0.6) is 0 Å². The van der Waals surface area contributed by atoms with Gasteiger partial charge in [0.05, 0.1) is 12.0 Å². The number of methoxy groups -OCH3 is 1. The van der Waals surface area contributed by atoms with Crippen molar-refractivity contribution in [3.63, 3.8) is 0 Å². The molecule has 120 valence electrons. The zero-order valence-corrected chi connectivity index (χ0v) is 13.2. The average molecular weight is 335 g/mol. The number of aryl methyl sites for hydroxylation is 1. The van der Waals surface area contributed by atoms with Gasteiger partial charge in [0, 0.05) is 23.1 Å². The van der Waals surface area contributed by atoms with Gasteiger partial charge in [-0.1, -0.05) is 18.2 Å². The van der Waals surface area contributed by atoms with E-state index >= 15 is 0 Å². The topological polar surface area (TPSA) is 115 Å². The molecule has 0 aliphatic rings. The number of nitrogens with zero attached hydrogens (tertiary/aromatic N) is 2. The summed E-state index contributed by atoms with van der Waals surface area (Å²) in [6, 6.07) is 6.26. The summed E-state index contributed by atoms with van der Waals surface area (Å²) < 4.78 is 4.69. The van der Waals surface area contributed by atoms with Crippen LogP contribution in [0.15, 0.2) is 34.1 Å². The van der Waals surface area contributed by atoms with E-state index in [0.29, 0.717) is 11.3 Å². The Kier molecular flexibility index (Phi) is 5.12. The first-order valence-corrected chi connectivity index (χ1v) is 7.47. The fourth-order valence-electron chi connectivity index (χ4n) is 1.96. The molecule has 0 atom stereocenters. The fraction of sp³-hybridized carbons (Fsp3) is 0.214. The maximum atomic E-state index is 11.8. The standard InChI is InChI=1S/C14H13N3O5S/c1-8-11(13(18)22-2)12(16-14(19)15-8)23-7-9-5-3-4-6-10(9)17(20)21/h3-6H,7H2,1-2H3,(H,15,16,19). The largest absolute Gasteiger partial charge is 0.465 e. The Bertz CT molecular complexity index is 818. The third-order valence-electron chi connectivity index (χ3n) is 3.03. The molecule has 23 heavy (non-hydrogen) atoms. The lowest BCUT2D eigenvalue weighted by Gasteiger charge is -2.09. The molecule has 2 aromatic rings. The zero-order valence-electron chi connectivity index (χ0n) is 12.4. The van der Waals surface area contributed by atoms with Crippen molar-refractivity contribution >= 4 is 23.4 Å². The molecule has 0 spiro atoms. The second-order valence-electron chi connectivity index (χ2n) is 4.51. The summed E-state index contributed by atoms with van der Waals surface area (Å²) in [5.41, 5.74) is 0.331. The fourth-order valence-corrected chi connectivity index (χ4v) is 3.03. The number of nitro benzene ring substituents is 1. The highest BCUT2D eigenvalue weighted by Gasteiger charge is 2.20. The molecule has 0 radical (unpaired) electrons. The highest BCUT2D eigenvalue weighted by atomic mass is 32.2. The Hall–Kier alpha value is -2.68. The average Bonchev–Trinajstić information content (AvgIpc) is 2.51. The van der Waals surface area contributed by atoms with Gasteiger partial charge in [-0.05, 0) is 6.92 Å². The molecular formula is C14H13N3O5S. The number of ether oxygens (including phenoxy) is 1. The van der Waals surface area contributed by atoms with Crippen molar-refractivity contribution in [1.29, 1.82) is 0 Å². The van der Waals surface area contributed by atoms with Crippen molar-refractivity contribution in [3.05, 3.63) is 61.7 Å². The van der Waals surface area contributed by atoms with Gasteiger partial charge in [0.15, 0.2) is 0 Å².